The minimum absolute atomic E-state index is 0.378. The van der Waals surface area contributed by atoms with Crippen molar-refractivity contribution in [3.63, 3.8) is 0 Å². The van der Waals surface area contributed by atoms with E-state index in [4.69, 9.17) is 14.7 Å². The minimum atomic E-state index is 0.378. The minimum Gasteiger partial charge on any atom is -0.491 e. The quantitative estimate of drug-likeness (QED) is 0.531. The lowest BCUT2D eigenvalue weighted by atomic mass is 10.2. The van der Waals surface area contributed by atoms with E-state index in [0.29, 0.717) is 19.8 Å². The molecule has 0 atom stereocenters. The van der Waals surface area contributed by atoms with Crippen molar-refractivity contribution >= 4 is 0 Å². The van der Waals surface area contributed by atoms with Crippen molar-refractivity contribution in [1.29, 1.82) is 0 Å². The van der Waals surface area contributed by atoms with Gasteiger partial charge in [-0.3, -0.25) is 0 Å². The molecule has 0 aliphatic heterocycles. The molecule has 1 rings (SSSR count). The fourth-order valence-corrected chi connectivity index (χ4v) is 1.11. The number of ether oxygens (including phenoxy) is 2. The summed E-state index contributed by atoms with van der Waals surface area (Å²) in [6.45, 7) is 1.45. The van der Waals surface area contributed by atoms with Crippen molar-refractivity contribution in [3.05, 3.63) is 29.8 Å². The maximum absolute atomic E-state index is 8.59. The summed E-state index contributed by atoms with van der Waals surface area (Å²) >= 11 is 0. The van der Waals surface area contributed by atoms with Crippen LogP contribution in [0.3, 0.4) is 0 Å². The molecule has 2 N–H and O–H groups in total. The Morgan fingerprint density at radius 3 is 2.79 bits per heavy atom. The molecule has 0 saturated heterocycles. The van der Waals surface area contributed by atoms with Gasteiger partial charge in [-0.25, -0.2) is 5.48 Å². The van der Waals surface area contributed by atoms with Crippen LogP contribution in [0.5, 0.6) is 5.75 Å². The Bertz CT molecular complexity index is 265. The summed E-state index contributed by atoms with van der Waals surface area (Å²) in [5, 5.41) is 8.59. The van der Waals surface area contributed by atoms with Crippen LogP contribution in [-0.4, -0.2) is 25.5 Å². The molecule has 0 saturated carbocycles. The summed E-state index contributed by atoms with van der Waals surface area (Å²) in [6.07, 6.45) is 0. The average molecular weight is 197 g/mol. The van der Waals surface area contributed by atoms with E-state index in [9.17, 15) is 0 Å². The molecule has 0 amide bonds. The first-order valence-corrected chi connectivity index (χ1v) is 4.45. The Morgan fingerprint density at radius 2 is 2.07 bits per heavy atom. The first-order valence-electron chi connectivity index (χ1n) is 4.45. The Labute approximate surface area is 83.4 Å². The number of hydroxylamine groups is 1. The van der Waals surface area contributed by atoms with Gasteiger partial charge in [0.25, 0.3) is 0 Å². The van der Waals surface area contributed by atoms with Gasteiger partial charge in [-0.15, -0.1) is 0 Å². The standard InChI is InChI=1S/C10H15NO3/c1-13-6-7-14-10-5-3-2-4-9(10)8-11-12/h2-5,11-12H,6-8H2,1H3. The Hall–Kier alpha value is -1.10. The zero-order valence-corrected chi connectivity index (χ0v) is 8.19. The third kappa shape index (κ3) is 3.33. The van der Waals surface area contributed by atoms with Gasteiger partial charge in [-0.1, -0.05) is 18.2 Å². The van der Waals surface area contributed by atoms with Gasteiger partial charge in [0.15, 0.2) is 0 Å². The highest BCUT2D eigenvalue weighted by Crippen LogP contribution is 2.17. The van der Waals surface area contributed by atoms with Crippen molar-refractivity contribution in [3.8, 4) is 5.75 Å². The molecular formula is C10H15NO3. The predicted octanol–water partition coefficient (Wildman–Crippen LogP) is 1.19. The van der Waals surface area contributed by atoms with E-state index in [1.807, 2.05) is 24.3 Å². The van der Waals surface area contributed by atoms with E-state index in [2.05, 4.69) is 5.48 Å². The van der Waals surface area contributed by atoms with Crippen LogP contribution in [0.15, 0.2) is 24.3 Å². The highest BCUT2D eigenvalue weighted by Gasteiger charge is 2.01. The number of nitrogens with one attached hydrogen (secondary N) is 1. The van der Waals surface area contributed by atoms with E-state index in [0.717, 1.165) is 11.3 Å². The molecule has 4 nitrogen and oxygen atoms in total. The second-order valence-electron chi connectivity index (χ2n) is 2.78. The Kier molecular flexibility index (Phi) is 4.99. The molecule has 0 aliphatic rings. The summed E-state index contributed by atoms with van der Waals surface area (Å²) in [7, 11) is 1.63. The zero-order valence-electron chi connectivity index (χ0n) is 8.19. The van der Waals surface area contributed by atoms with Crippen LogP contribution in [0, 0.1) is 0 Å². The van der Waals surface area contributed by atoms with Crippen molar-refractivity contribution in [1.82, 2.24) is 5.48 Å². The highest BCUT2D eigenvalue weighted by molar-refractivity contribution is 5.32. The van der Waals surface area contributed by atoms with Gasteiger partial charge in [0, 0.05) is 19.2 Å². The number of methoxy groups -OCH3 is 1. The number of para-hydroxylation sites is 1. The van der Waals surface area contributed by atoms with Gasteiger partial charge in [0.2, 0.25) is 0 Å². The van der Waals surface area contributed by atoms with Crippen molar-refractivity contribution in [2.45, 2.75) is 6.54 Å². The molecule has 1 aromatic carbocycles. The summed E-state index contributed by atoms with van der Waals surface area (Å²) in [5.41, 5.74) is 3.03. The Balaban J connectivity index is 2.55. The topological polar surface area (TPSA) is 50.7 Å². The lowest BCUT2D eigenvalue weighted by Crippen LogP contribution is -2.10. The second kappa shape index (κ2) is 6.37. The fourth-order valence-electron chi connectivity index (χ4n) is 1.11. The largest absolute Gasteiger partial charge is 0.491 e. The molecule has 0 radical (unpaired) electrons. The molecule has 14 heavy (non-hydrogen) atoms. The molecular weight excluding hydrogens is 182 g/mol. The molecule has 0 fully saturated rings. The third-order valence-electron chi connectivity index (χ3n) is 1.79. The molecule has 1 aromatic rings. The van der Waals surface area contributed by atoms with E-state index < -0.39 is 0 Å². The molecule has 0 unspecified atom stereocenters. The number of benzene rings is 1. The van der Waals surface area contributed by atoms with Gasteiger partial charge >= 0.3 is 0 Å². The van der Waals surface area contributed by atoms with E-state index in [1.54, 1.807) is 7.11 Å². The van der Waals surface area contributed by atoms with Crippen LogP contribution in [0.2, 0.25) is 0 Å². The normalized spacial score (nSPS) is 10.1. The molecule has 0 spiro atoms. The van der Waals surface area contributed by atoms with Crippen LogP contribution in [-0.2, 0) is 11.3 Å². The van der Waals surface area contributed by atoms with Crippen LogP contribution < -0.4 is 10.2 Å². The van der Waals surface area contributed by atoms with Gasteiger partial charge < -0.3 is 14.7 Å². The van der Waals surface area contributed by atoms with Crippen molar-refractivity contribution in [2.75, 3.05) is 20.3 Å². The first-order chi connectivity index (χ1) is 6.88. The summed E-state index contributed by atoms with van der Waals surface area (Å²) in [6, 6.07) is 7.55. The van der Waals surface area contributed by atoms with E-state index in [-0.39, 0.29) is 0 Å². The third-order valence-corrected chi connectivity index (χ3v) is 1.79. The number of rotatable bonds is 6. The lowest BCUT2D eigenvalue weighted by Gasteiger charge is -2.09. The lowest BCUT2D eigenvalue weighted by molar-refractivity contribution is 0.141. The van der Waals surface area contributed by atoms with Crippen LogP contribution in [0.25, 0.3) is 0 Å². The summed E-state index contributed by atoms with van der Waals surface area (Å²) in [4.78, 5) is 0. The van der Waals surface area contributed by atoms with Crippen molar-refractivity contribution < 1.29 is 14.7 Å². The molecule has 0 aliphatic carbocycles. The van der Waals surface area contributed by atoms with Crippen molar-refractivity contribution in [2.24, 2.45) is 0 Å². The van der Waals surface area contributed by atoms with Crippen LogP contribution in [0.4, 0.5) is 0 Å². The molecule has 4 heteroatoms. The fraction of sp³-hybridized carbons (Fsp3) is 0.400. The molecule has 0 bridgehead atoms. The summed E-state index contributed by atoms with van der Waals surface area (Å²) < 4.78 is 10.3. The zero-order chi connectivity index (χ0) is 10.2. The van der Waals surface area contributed by atoms with Crippen LogP contribution >= 0.6 is 0 Å². The maximum Gasteiger partial charge on any atom is 0.123 e. The SMILES string of the molecule is COCCOc1ccccc1CNO. The van der Waals surface area contributed by atoms with Gasteiger partial charge in [0.1, 0.15) is 12.4 Å². The molecule has 0 heterocycles. The van der Waals surface area contributed by atoms with Gasteiger partial charge in [-0.05, 0) is 6.07 Å². The average Bonchev–Trinajstić information content (AvgIpc) is 2.21. The van der Waals surface area contributed by atoms with Crippen LogP contribution in [0.1, 0.15) is 5.56 Å². The predicted molar refractivity (Wildman–Crippen MR) is 52.4 cm³/mol. The Morgan fingerprint density at radius 1 is 1.29 bits per heavy atom. The van der Waals surface area contributed by atoms with Gasteiger partial charge in [-0.2, -0.15) is 0 Å². The number of hydrogen-bond acceptors (Lipinski definition) is 4. The maximum atomic E-state index is 8.59. The smallest absolute Gasteiger partial charge is 0.123 e. The second-order valence-corrected chi connectivity index (χ2v) is 2.78. The van der Waals surface area contributed by atoms with Gasteiger partial charge in [0.05, 0.1) is 6.61 Å². The highest BCUT2D eigenvalue weighted by atomic mass is 16.5. The molecule has 78 valence electrons. The first kappa shape index (κ1) is 11.0. The van der Waals surface area contributed by atoms with E-state index >= 15 is 0 Å². The molecule has 0 aromatic heterocycles. The van der Waals surface area contributed by atoms with E-state index in [1.165, 1.54) is 0 Å². The summed E-state index contributed by atoms with van der Waals surface area (Å²) in [5.74, 6) is 0.770. The monoisotopic (exact) mass is 197 g/mol. The number of hydrogen-bond donors (Lipinski definition) is 2.